The van der Waals surface area contributed by atoms with Crippen molar-refractivity contribution in [2.45, 2.75) is 58.6 Å². The molecule has 0 atom stereocenters. The fourth-order valence-electron chi connectivity index (χ4n) is 2.30. The summed E-state index contributed by atoms with van der Waals surface area (Å²) >= 11 is 0. The molecule has 0 N–H and O–H groups in total. The van der Waals surface area contributed by atoms with Gasteiger partial charge in [-0.1, -0.05) is 13.8 Å². The summed E-state index contributed by atoms with van der Waals surface area (Å²) in [7, 11) is 0. The van der Waals surface area contributed by atoms with Crippen LogP contribution in [-0.2, 0) is 6.54 Å². The minimum Gasteiger partial charge on any atom is -0.487 e. The van der Waals surface area contributed by atoms with Gasteiger partial charge in [-0.05, 0) is 38.0 Å². The van der Waals surface area contributed by atoms with E-state index in [2.05, 4.69) is 18.9 Å². The Hall–Kier alpha value is -0.990. The zero-order valence-corrected chi connectivity index (χ0v) is 10.4. The monoisotopic (exact) mass is 222 g/mol. The minimum absolute atomic E-state index is 0.412. The third kappa shape index (κ3) is 3.00. The molecule has 2 rings (SSSR count). The van der Waals surface area contributed by atoms with Crippen LogP contribution >= 0.6 is 0 Å². The predicted molar refractivity (Wildman–Crippen MR) is 64.6 cm³/mol. The van der Waals surface area contributed by atoms with Crippen LogP contribution in [0.1, 0.15) is 46.0 Å². The molecule has 1 aliphatic carbocycles. The normalized spacial score (nSPS) is 25.6. The van der Waals surface area contributed by atoms with Crippen LogP contribution in [0.2, 0.25) is 0 Å². The smallest absolute Gasteiger partial charge is 0.157 e. The molecular formula is C13H22N2O. The predicted octanol–water partition coefficient (Wildman–Crippen LogP) is 3.25. The first-order chi connectivity index (χ1) is 7.78. The van der Waals surface area contributed by atoms with Gasteiger partial charge in [-0.15, -0.1) is 0 Å². The molecule has 0 aromatic carbocycles. The molecule has 1 aromatic heterocycles. The summed E-state index contributed by atoms with van der Waals surface area (Å²) in [5.41, 5.74) is 0. The molecule has 1 heterocycles. The Morgan fingerprint density at radius 1 is 1.38 bits per heavy atom. The summed E-state index contributed by atoms with van der Waals surface area (Å²) in [6.45, 7) is 5.46. The van der Waals surface area contributed by atoms with E-state index in [1.807, 2.05) is 17.1 Å². The van der Waals surface area contributed by atoms with Crippen molar-refractivity contribution in [2.24, 2.45) is 5.92 Å². The van der Waals surface area contributed by atoms with Gasteiger partial charge in [0.15, 0.2) is 5.75 Å². The van der Waals surface area contributed by atoms with Gasteiger partial charge in [0.25, 0.3) is 0 Å². The molecule has 16 heavy (non-hydrogen) atoms. The highest BCUT2D eigenvalue weighted by atomic mass is 16.5. The topological polar surface area (TPSA) is 27.1 Å². The number of aromatic nitrogens is 2. The Morgan fingerprint density at radius 3 is 2.81 bits per heavy atom. The van der Waals surface area contributed by atoms with Crippen LogP contribution in [0, 0.1) is 5.92 Å². The van der Waals surface area contributed by atoms with Gasteiger partial charge in [-0.3, -0.25) is 4.68 Å². The van der Waals surface area contributed by atoms with Gasteiger partial charge >= 0.3 is 0 Å². The first-order valence-electron chi connectivity index (χ1n) is 6.47. The summed E-state index contributed by atoms with van der Waals surface area (Å²) < 4.78 is 7.91. The first-order valence-corrected chi connectivity index (χ1v) is 6.47. The van der Waals surface area contributed by atoms with E-state index in [1.165, 1.54) is 25.7 Å². The maximum absolute atomic E-state index is 5.95. The van der Waals surface area contributed by atoms with Crippen molar-refractivity contribution in [3.05, 3.63) is 12.4 Å². The molecule has 0 radical (unpaired) electrons. The summed E-state index contributed by atoms with van der Waals surface area (Å²) in [5.74, 6) is 1.82. The maximum atomic E-state index is 5.95. The third-order valence-corrected chi connectivity index (χ3v) is 3.33. The number of rotatable bonds is 4. The van der Waals surface area contributed by atoms with Crippen molar-refractivity contribution in [1.29, 1.82) is 0 Å². The van der Waals surface area contributed by atoms with Crippen molar-refractivity contribution in [3.63, 3.8) is 0 Å². The standard InChI is InChI=1S/C13H22N2O/c1-3-8-15-10-13(9-14-15)16-12-6-4-11(2)5-7-12/h9-12H,3-8H2,1-2H3. The fourth-order valence-corrected chi connectivity index (χ4v) is 2.30. The molecular weight excluding hydrogens is 200 g/mol. The Bertz CT molecular complexity index is 313. The number of ether oxygens (including phenoxy) is 1. The van der Waals surface area contributed by atoms with Crippen molar-refractivity contribution in [3.8, 4) is 5.75 Å². The van der Waals surface area contributed by atoms with Crippen LogP contribution in [0.4, 0.5) is 0 Å². The molecule has 0 unspecified atom stereocenters. The van der Waals surface area contributed by atoms with Crippen molar-refractivity contribution >= 4 is 0 Å². The highest BCUT2D eigenvalue weighted by Crippen LogP contribution is 2.26. The van der Waals surface area contributed by atoms with Gasteiger partial charge in [0.1, 0.15) is 0 Å². The van der Waals surface area contributed by atoms with E-state index in [0.29, 0.717) is 6.10 Å². The fraction of sp³-hybridized carbons (Fsp3) is 0.769. The van der Waals surface area contributed by atoms with Crippen LogP contribution in [0.15, 0.2) is 12.4 Å². The molecule has 0 bridgehead atoms. The largest absolute Gasteiger partial charge is 0.487 e. The van der Waals surface area contributed by atoms with Crippen LogP contribution in [0.3, 0.4) is 0 Å². The van der Waals surface area contributed by atoms with E-state index in [4.69, 9.17) is 4.74 Å². The zero-order chi connectivity index (χ0) is 11.4. The lowest BCUT2D eigenvalue weighted by Gasteiger charge is -2.26. The van der Waals surface area contributed by atoms with E-state index >= 15 is 0 Å². The van der Waals surface area contributed by atoms with Gasteiger partial charge in [0.2, 0.25) is 0 Å². The van der Waals surface area contributed by atoms with Crippen molar-refractivity contribution < 1.29 is 4.74 Å². The second-order valence-corrected chi connectivity index (χ2v) is 4.94. The highest BCUT2D eigenvalue weighted by Gasteiger charge is 2.19. The number of aryl methyl sites for hydroxylation is 1. The summed E-state index contributed by atoms with van der Waals surface area (Å²) in [4.78, 5) is 0. The van der Waals surface area contributed by atoms with E-state index < -0.39 is 0 Å². The molecule has 0 saturated heterocycles. The van der Waals surface area contributed by atoms with E-state index in [-0.39, 0.29) is 0 Å². The Morgan fingerprint density at radius 2 is 2.12 bits per heavy atom. The second-order valence-electron chi connectivity index (χ2n) is 4.94. The molecule has 0 aliphatic heterocycles. The Kier molecular flexibility index (Phi) is 3.86. The number of hydrogen-bond donors (Lipinski definition) is 0. The summed E-state index contributed by atoms with van der Waals surface area (Å²) in [6.07, 6.45) is 10.4. The second kappa shape index (κ2) is 5.37. The average molecular weight is 222 g/mol. The molecule has 1 aliphatic rings. The van der Waals surface area contributed by atoms with Gasteiger partial charge in [-0.25, -0.2) is 0 Å². The maximum Gasteiger partial charge on any atom is 0.157 e. The average Bonchev–Trinajstić information content (AvgIpc) is 2.70. The van der Waals surface area contributed by atoms with Crippen LogP contribution in [0.5, 0.6) is 5.75 Å². The third-order valence-electron chi connectivity index (χ3n) is 3.33. The molecule has 0 spiro atoms. The molecule has 90 valence electrons. The first kappa shape index (κ1) is 11.5. The molecule has 1 aromatic rings. The van der Waals surface area contributed by atoms with Gasteiger partial charge in [0, 0.05) is 6.54 Å². The highest BCUT2D eigenvalue weighted by molar-refractivity contribution is 5.12. The Balaban J connectivity index is 1.83. The minimum atomic E-state index is 0.412. The lowest BCUT2D eigenvalue weighted by molar-refractivity contribution is 0.135. The molecule has 1 fully saturated rings. The summed E-state index contributed by atoms with van der Waals surface area (Å²) in [5, 5.41) is 4.28. The number of nitrogens with zero attached hydrogens (tertiary/aromatic N) is 2. The SMILES string of the molecule is CCCn1cc(OC2CCC(C)CC2)cn1. The summed E-state index contributed by atoms with van der Waals surface area (Å²) in [6, 6.07) is 0. The van der Waals surface area contributed by atoms with Crippen LogP contribution in [0.25, 0.3) is 0 Å². The van der Waals surface area contributed by atoms with Gasteiger partial charge in [0.05, 0.1) is 18.5 Å². The quantitative estimate of drug-likeness (QED) is 0.782. The van der Waals surface area contributed by atoms with Crippen molar-refractivity contribution in [2.75, 3.05) is 0 Å². The van der Waals surface area contributed by atoms with E-state index in [0.717, 1.165) is 24.6 Å². The van der Waals surface area contributed by atoms with Gasteiger partial charge in [-0.2, -0.15) is 5.10 Å². The molecule has 0 amide bonds. The molecule has 3 nitrogen and oxygen atoms in total. The van der Waals surface area contributed by atoms with Crippen LogP contribution < -0.4 is 4.74 Å². The molecule has 1 saturated carbocycles. The van der Waals surface area contributed by atoms with Gasteiger partial charge < -0.3 is 4.74 Å². The number of hydrogen-bond acceptors (Lipinski definition) is 2. The lowest BCUT2D eigenvalue weighted by atomic mass is 9.89. The zero-order valence-electron chi connectivity index (χ0n) is 10.4. The van der Waals surface area contributed by atoms with Crippen LogP contribution in [-0.4, -0.2) is 15.9 Å². The van der Waals surface area contributed by atoms with E-state index in [1.54, 1.807) is 0 Å². The van der Waals surface area contributed by atoms with Crippen molar-refractivity contribution in [1.82, 2.24) is 9.78 Å². The van der Waals surface area contributed by atoms with E-state index in [9.17, 15) is 0 Å². The lowest BCUT2D eigenvalue weighted by Crippen LogP contribution is -2.22. The Labute approximate surface area is 97.8 Å². The molecule has 3 heteroatoms.